The summed E-state index contributed by atoms with van der Waals surface area (Å²) in [6.07, 6.45) is 0. The van der Waals surface area contributed by atoms with Crippen LogP contribution in [-0.4, -0.2) is 13.7 Å². The van der Waals surface area contributed by atoms with Crippen molar-refractivity contribution in [3.63, 3.8) is 0 Å². The molecule has 0 aromatic heterocycles. The summed E-state index contributed by atoms with van der Waals surface area (Å²) in [6, 6.07) is 2.75. The summed E-state index contributed by atoms with van der Waals surface area (Å²) in [7, 11) is 1.39. The third-order valence-corrected chi connectivity index (χ3v) is 2.00. The molecular weight excluding hydrogens is 209 g/mol. The molecule has 0 unspecified atom stereocenters. The van der Waals surface area contributed by atoms with Crippen molar-refractivity contribution >= 4 is 11.4 Å². The topological polar surface area (TPSA) is 22.8 Å². The summed E-state index contributed by atoms with van der Waals surface area (Å²) in [4.78, 5) is 3.07. The maximum Gasteiger partial charge on any atom is 0.262 e. The van der Waals surface area contributed by atoms with Crippen LogP contribution in [0.4, 0.5) is 10.1 Å². The second-order valence-electron chi connectivity index (χ2n) is 2.98. The van der Waals surface area contributed by atoms with Crippen LogP contribution in [0.5, 0.6) is 5.75 Å². The Bertz CT molecular complexity index is 449. The van der Waals surface area contributed by atoms with E-state index >= 15 is 0 Å². The molecule has 3 nitrogen and oxygen atoms in total. The molecule has 1 aromatic rings. The molecule has 4 heteroatoms. The molecule has 0 aliphatic heterocycles. The Labute approximate surface area is 93.9 Å². The number of hydrogen-bond donors (Lipinski definition) is 0. The first-order chi connectivity index (χ1) is 7.63. The van der Waals surface area contributed by atoms with Crippen molar-refractivity contribution in [1.29, 1.82) is 0 Å². The molecule has 0 aliphatic rings. The molecule has 1 rings (SSSR count). The number of methoxy groups -OCH3 is 1. The SMILES string of the molecule is [C-]#[N+]c1c(F)cc(C(=C)OCC)cc1OC. The smallest absolute Gasteiger partial charge is 0.262 e. The standard InChI is InChI=1S/C12H12FNO2/c1-5-16-8(2)9-6-10(13)12(14-3)11(7-9)15-4/h6-7H,2,5H2,1,4H3. The quantitative estimate of drug-likeness (QED) is 0.574. The molecule has 0 radical (unpaired) electrons. The molecule has 0 heterocycles. The lowest BCUT2D eigenvalue weighted by atomic mass is 10.1. The second kappa shape index (κ2) is 5.17. The Hall–Kier alpha value is -2.02. The molecule has 0 spiro atoms. The van der Waals surface area contributed by atoms with Gasteiger partial charge in [-0.3, -0.25) is 0 Å². The van der Waals surface area contributed by atoms with Crippen molar-refractivity contribution in [2.75, 3.05) is 13.7 Å². The van der Waals surface area contributed by atoms with Gasteiger partial charge in [0.1, 0.15) is 17.3 Å². The summed E-state index contributed by atoms with van der Waals surface area (Å²) in [5, 5.41) is 0. The normalized spacial score (nSPS) is 9.38. The van der Waals surface area contributed by atoms with Crippen LogP contribution in [0.3, 0.4) is 0 Å². The van der Waals surface area contributed by atoms with Crippen molar-refractivity contribution in [2.45, 2.75) is 6.92 Å². The second-order valence-corrected chi connectivity index (χ2v) is 2.98. The number of ether oxygens (including phenoxy) is 2. The molecule has 0 saturated carbocycles. The monoisotopic (exact) mass is 221 g/mol. The van der Waals surface area contributed by atoms with Crippen LogP contribution < -0.4 is 4.74 Å². The average Bonchev–Trinajstić information content (AvgIpc) is 2.28. The minimum absolute atomic E-state index is 0.129. The zero-order valence-electron chi connectivity index (χ0n) is 9.21. The first-order valence-corrected chi connectivity index (χ1v) is 4.71. The highest BCUT2D eigenvalue weighted by molar-refractivity contribution is 5.67. The van der Waals surface area contributed by atoms with Crippen LogP contribution in [0.15, 0.2) is 18.7 Å². The zero-order chi connectivity index (χ0) is 12.1. The van der Waals surface area contributed by atoms with Gasteiger partial charge in [-0.05, 0) is 19.1 Å². The fraction of sp³-hybridized carbons (Fsp3) is 0.250. The van der Waals surface area contributed by atoms with Crippen LogP contribution in [0, 0.1) is 12.4 Å². The fourth-order valence-corrected chi connectivity index (χ4v) is 1.26. The van der Waals surface area contributed by atoms with Gasteiger partial charge < -0.3 is 9.47 Å². The zero-order valence-corrected chi connectivity index (χ0v) is 9.21. The van der Waals surface area contributed by atoms with Crippen LogP contribution in [0.1, 0.15) is 12.5 Å². The maximum absolute atomic E-state index is 13.5. The number of rotatable bonds is 4. The van der Waals surface area contributed by atoms with E-state index in [1.165, 1.54) is 19.2 Å². The maximum atomic E-state index is 13.5. The Balaban J connectivity index is 3.21. The predicted molar refractivity (Wildman–Crippen MR) is 59.9 cm³/mol. The highest BCUT2D eigenvalue weighted by atomic mass is 19.1. The van der Waals surface area contributed by atoms with Gasteiger partial charge in [0.15, 0.2) is 0 Å². The van der Waals surface area contributed by atoms with Crippen molar-refractivity contribution in [2.24, 2.45) is 0 Å². The molecule has 0 bridgehead atoms. The van der Waals surface area contributed by atoms with E-state index in [4.69, 9.17) is 16.0 Å². The van der Waals surface area contributed by atoms with Gasteiger partial charge in [0.05, 0.1) is 20.3 Å². The Morgan fingerprint density at radius 1 is 1.56 bits per heavy atom. The summed E-state index contributed by atoms with van der Waals surface area (Å²) in [5.41, 5.74) is 0.346. The van der Waals surface area contributed by atoms with E-state index in [0.717, 1.165) is 0 Å². The first-order valence-electron chi connectivity index (χ1n) is 4.71. The highest BCUT2D eigenvalue weighted by Gasteiger charge is 2.13. The van der Waals surface area contributed by atoms with Gasteiger partial charge in [0, 0.05) is 5.56 Å². The fourth-order valence-electron chi connectivity index (χ4n) is 1.26. The van der Waals surface area contributed by atoms with Crippen LogP contribution in [0.25, 0.3) is 10.6 Å². The molecule has 0 fully saturated rings. The van der Waals surface area contributed by atoms with E-state index in [0.29, 0.717) is 17.9 Å². The van der Waals surface area contributed by atoms with Gasteiger partial charge in [-0.15, -0.1) is 0 Å². The Morgan fingerprint density at radius 3 is 2.75 bits per heavy atom. The third-order valence-electron chi connectivity index (χ3n) is 2.00. The van der Waals surface area contributed by atoms with Gasteiger partial charge in [0.25, 0.3) is 5.69 Å². The lowest BCUT2D eigenvalue weighted by Crippen LogP contribution is -1.93. The largest absolute Gasteiger partial charge is 0.508 e. The Morgan fingerprint density at radius 2 is 2.25 bits per heavy atom. The lowest BCUT2D eigenvalue weighted by molar-refractivity contribution is 0.298. The highest BCUT2D eigenvalue weighted by Crippen LogP contribution is 2.33. The van der Waals surface area contributed by atoms with E-state index in [9.17, 15) is 4.39 Å². The van der Waals surface area contributed by atoms with Crippen LogP contribution in [-0.2, 0) is 4.74 Å². The van der Waals surface area contributed by atoms with Gasteiger partial charge in [-0.2, -0.15) is 0 Å². The summed E-state index contributed by atoms with van der Waals surface area (Å²) in [6.45, 7) is 12.8. The number of benzene rings is 1. The molecule has 0 atom stereocenters. The van der Waals surface area contributed by atoms with Crippen molar-refractivity contribution in [1.82, 2.24) is 0 Å². The van der Waals surface area contributed by atoms with Crippen molar-refractivity contribution in [3.05, 3.63) is 41.5 Å². The summed E-state index contributed by atoms with van der Waals surface area (Å²) in [5.74, 6) is -0.0905. The number of hydrogen-bond acceptors (Lipinski definition) is 2. The molecule has 1 aromatic carbocycles. The summed E-state index contributed by atoms with van der Waals surface area (Å²) >= 11 is 0. The average molecular weight is 221 g/mol. The van der Waals surface area contributed by atoms with E-state index < -0.39 is 5.82 Å². The number of nitrogens with zero attached hydrogens (tertiary/aromatic N) is 1. The van der Waals surface area contributed by atoms with Gasteiger partial charge in [0.2, 0.25) is 0 Å². The van der Waals surface area contributed by atoms with Gasteiger partial charge in [-0.25, -0.2) is 9.24 Å². The molecular formula is C12H12FNO2. The molecule has 0 saturated heterocycles. The third kappa shape index (κ3) is 2.31. The van der Waals surface area contributed by atoms with Crippen molar-refractivity contribution < 1.29 is 13.9 Å². The van der Waals surface area contributed by atoms with Crippen LogP contribution >= 0.6 is 0 Å². The number of halogens is 1. The first kappa shape index (κ1) is 12.1. The predicted octanol–water partition coefficient (Wildman–Crippen LogP) is 3.39. The van der Waals surface area contributed by atoms with Crippen LogP contribution in [0.2, 0.25) is 0 Å². The lowest BCUT2D eigenvalue weighted by Gasteiger charge is -2.10. The molecule has 0 N–H and O–H groups in total. The Kier molecular flexibility index (Phi) is 3.90. The molecule has 16 heavy (non-hydrogen) atoms. The summed E-state index contributed by atoms with van der Waals surface area (Å²) < 4.78 is 23.6. The van der Waals surface area contributed by atoms with Crippen molar-refractivity contribution in [3.8, 4) is 5.75 Å². The van der Waals surface area contributed by atoms with E-state index in [1.54, 1.807) is 0 Å². The molecule has 0 amide bonds. The van der Waals surface area contributed by atoms with Gasteiger partial charge >= 0.3 is 0 Å². The van der Waals surface area contributed by atoms with Gasteiger partial charge in [-0.1, -0.05) is 6.58 Å². The van der Waals surface area contributed by atoms with E-state index in [2.05, 4.69) is 11.4 Å². The molecule has 0 aliphatic carbocycles. The van der Waals surface area contributed by atoms with E-state index in [-0.39, 0.29) is 11.4 Å². The molecule has 84 valence electrons. The minimum Gasteiger partial charge on any atom is -0.508 e. The van der Waals surface area contributed by atoms with E-state index in [1.807, 2.05) is 6.92 Å². The minimum atomic E-state index is -0.634.